The third-order valence-electron chi connectivity index (χ3n) is 3.94. The molecule has 2 unspecified atom stereocenters. The summed E-state index contributed by atoms with van der Waals surface area (Å²) >= 11 is 0. The highest BCUT2D eigenvalue weighted by Crippen LogP contribution is 2.37. The molecule has 0 radical (unpaired) electrons. The number of nitrogens with two attached hydrogens (primary N) is 1. The molecule has 2 heterocycles. The molecule has 4 heteroatoms. The van der Waals surface area contributed by atoms with Crippen LogP contribution in [0.4, 0.5) is 11.6 Å². The molecule has 1 aromatic rings. The molecule has 4 nitrogen and oxygen atoms in total. The van der Waals surface area contributed by atoms with Crippen molar-refractivity contribution in [2.24, 2.45) is 5.92 Å². The summed E-state index contributed by atoms with van der Waals surface area (Å²) in [7, 11) is 0. The number of aromatic nitrogens is 2. The van der Waals surface area contributed by atoms with E-state index in [1.165, 1.54) is 32.1 Å². The summed E-state index contributed by atoms with van der Waals surface area (Å²) in [6.07, 6.45) is 10.2. The number of nitrogen functional groups attached to an aromatic ring is 1. The molecule has 2 atom stereocenters. The molecule has 0 spiro atoms. The van der Waals surface area contributed by atoms with Crippen LogP contribution in [0.1, 0.15) is 32.1 Å². The van der Waals surface area contributed by atoms with Crippen molar-refractivity contribution in [1.82, 2.24) is 9.97 Å². The lowest BCUT2D eigenvalue weighted by atomic mass is 9.85. The maximum absolute atomic E-state index is 5.69. The quantitative estimate of drug-likeness (QED) is 0.781. The Kier molecular flexibility index (Phi) is 2.42. The van der Waals surface area contributed by atoms with Crippen molar-refractivity contribution < 1.29 is 0 Å². The van der Waals surface area contributed by atoms with Crippen LogP contribution in [0.15, 0.2) is 12.4 Å². The topological polar surface area (TPSA) is 55.0 Å². The first kappa shape index (κ1) is 9.87. The van der Waals surface area contributed by atoms with E-state index in [0.717, 1.165) is 18.3 Å². The Balaban J connectivity index is 1.85. The summed E-state index contributed by atoms with van der Waals surface area (Å²) < 4.78 is 0. The van der Waals surface area contributed by atoms with E-state index >= 15 is 0 Å². The molecular formula is C12H18N4. The summed E-state index contributed by atoms with van der Waals surface area (Å²) in [5.41, 5.74) is 5.69. The second-order valence-electron chi connectivity index (χ2n) is 4.90. The Labute approximate surface area is 95.9 Å². The van der Waals surface area contributed by atoms with Gasteiger partial charge in [0, 0.05) is 12.6 Å². The maximum Gasteiger partial charge on any atom is 0.149 e. The van der Waals surface area contributed by atoms with E-state index in [1.54, 1.807) is 6.20 Å². The van der Waals surface area contributed by atoms with Crippen LogP contribution in [0.25, 0.3) is 0 Å². The molecule has 16 heavy (non-hydrogen) atoms. The molecule has 3 rings (SSSR count). The van der Waals surface area contributed by atoms with Crippen molar-refractivity contribution in [3.8, 4) is 0 Å². The van der Waals surface area contributed by atoms with Gasteiger partial charge in [-0.05, 0) is 25.2 Å². The molecule has 0 bridgehead atoms. The van der Waals surface area contributed by atoms with E-state index in [1.807, 2.05) is 6.20 Å². The van der Waals surface area contributed by atoms with Gasteiger partial charge < -0.3 is 10.6 Å². The van der Waals surface area contributed by atoms with Gasteiger partial charge in [0.1, 0.15) is 11.6 Å². The highest BCUT2D eigenvalue weighted by atomic mass is 15.2. The summed E-state index contributed by atoms with van der Waals surface area (Å²) in [5.74, 6) is 2.36. The minimum absolute atomic E-state index is 0.525. The fourth-order valence-corrected chi connectivity index (χ4v) is 3.20. The molecule has 1 saturated carbocycles. The van der Waals surface area contributed by atoms with Crippen molar-refractivity contribution in [2.75, 3.05) is 17.2 Å². The standard InChI is InChI=1S/C12H18N4/c13-11-7-14-8-12(15-11)16-6-5-9-3-1-2-4-10(9)16/h7-10H,1-6H2,(H2,13,15). The largest absolute Gasteiger partial charge is 0.382 e. The van der Waals surface area contributed by atoms with E-state index < -0.39 is 0 Å². The predicted molar refractivity (Wildman–Crippen MR) is 64.2 cm³/mol. The minimum Gasteiger partial charge on any atom is -0.382 e. The first-order valence-electron chi connectivity index (χ1n) is 6.19. The van der Waals surface area contributed by atoms with E-state index in [9.17, 15) is 0 Å². The van der Waals surface area contributed by atoms with Gasteiger partial charge in [-0.15, -0.1) is 0 Å². The van der Waals surface area contributed by atoms with Crippen LogP contribution >= 0.6 is 0 Å². The van der Waals surface area contributed by atoms with Gasteiger partial charge in [-0.2, -0.15) is 0 Å². The number of hydrogen-bond donors (Lipinski definition) is 1. The zero-order chi connectivity index (χ0) is 11.0. The van der Waals surface area contributed by atoms with Crippen LogP contribution < -0.4 is 10.6 Å². The van der Waals surface area contributed by atoms with E-state index in [2.05, 4.69) is 14.9 Å². The van der Waals surface area contributed by atoms with Crippen molar-refractivity contribution in [1.29, 1.82) is 0 Å². The molecule has 0 amide bonds. The highest BCUT2D eigenvalue weighted by Gasteiger charge is 2.36. The average molecular weight is 218 g/mol. The predicted octanol–water partition coefficient (Wildman–Crippen LogP) is 1.83. The summed E-state index contributed by atoms with van der Waals surface area (Å²) in [6, 6.07) is 0.685. The lowest BCUT2D eigenvalue weighted by Gasteiger charge is -2.32. The number of nitrogens with zero attached hydrogens (tertiary/aromatic N) is 3. The van der Waals surface area contributed by atoms with Crippen molar-refractivity contribution >= 4 is 11.6 Å². The van der Waals surface area contributed by atoms with Gasteiger partial charge in [-0.3, -0.25) is 4.98 Å². The molecule has 2 fully saturated rings. The highest BCUT2D eigenvalue weighted by molar-refractivity contribution is 5.44. The lowest BCUT2D eigenvalue weighted by molar-refractivity contribution is 0.341. The van der Waals surface area contributed by atoms with Gasteiger partial charge in [0.25, 0.3) is 0 Å². The Hall–Kier alpha value is -1.32. The summed E-state index contributed by atoms with van der Waals surface area (Å²) in [6.45, 7) is 1.12. The molecule has 1 saturated heterocycles. The van der Waals surface area contributed by atoms with Crippen molar-refractivity contribution in [2.45, 2.75) is 38.1 Å². The zero-order valence-electron chi connectivity index (χ0n) is 9.47. The molecule has 2 aliphatic rings. The molecule has 2 N–H and O–H groups in total. The summed E-state index contributed by atoms with van der Waals surface area (Å²) in [4.78, 5) is 10.9. The molecule has 86 valence electrons. The number of hydrogen-bond acceptors (Lipinski definition) is 4. The maximum atomic E-state index is 5.69. The van der Waals surface area contributed by atoms with Gasteiger partial charge in [0.05, 0.1) is 12.4 Å². The minimum atomic E-state index is 0.525. The van der Waals surface area contributed by atoms with Crippen LogP contribution in [0, 0.1) is 5.92 Å². The zero-order valence-corrected chi connectivity index (χ0v) is 9.47. The smallest absolute Gasteiger partial charge is 0.149 e. The van der Waals surface area contributed by atoms with Crippen molar-refractivity contribution in [3.05, 3.63) is 12.4 Å². The molecule has 1 aliphatic heterocycles. The van der Waals surface area contributed by atoms with Gasteiger partial charge in [0.2, 0.25) is 0 Å². The van der Waals surface area contributed by atoms with Gasteiger partial charge in [0.15, 0.2) is 0 Å². The van der Waals surface area contributed by atoms with Crippen LogP contribution in [-0.4, -0.2) is 22.6 Å². The normalized spacial score (nSPS) is 29.1. The van der Waals surface area contributed by atoms with Gasteiger partial charge in [-0.1, -0.05) is 12.8 Å². The average Bonchev–Trinajstić information content (AvgIpc) is 2.72. The molecule has 1 aromatic heterocycles. The van der Waals surface area contributed by atoms with Crippen LogP contribution in [-0.2, 0) is 0 Å². The lowest BCUT2D eigenvalue weighted by Crippen LogP contribution is -2.35. The third kappa shape index (κ3) is 1.62. The molecular weight excluding hydrogens is 200 g/mol. The number of anilines is 2. The Bertz CT molecular complexity index is 379. The number of rotatable bonds is 1. The SMILES string of the molecule is Nc1cncc(N2CCC3CCCCC32)n1. The Morgan fingerprint density at radius 3 is 2.94 bits per heavy atom. The van der Waals surface area contributed by atoms with Crippen LogP contribution in [0.3, 0.4) is 0 Å². The monoisotopic (exact) mass is 218 g/mol. The van der Waals surface area contributed by atoms with Crippen LogP contribution in [0.2, 0.25) is 0 Å². The first-order valence-corrected chi connectivity index (χ1v) is 6.19. The molecule has 1 aliphatic carbocycles. The fraction of sp³-hybridized carbons (Fsp3) is 0.667. The van der Waals surface area contributed by atoms with Gasteiger partial charge >= 0.3 is 0 Å². The van der Waals surface area contributed by atoms with Gasteiger partial charge in [-0.25, -0.2) is 4.98 Å². The van der Waals surface area contributed by atoms with E-state index in [-0.39, 0.29) is 0 Å². The summed E-state index contributed by atoms with van der Waals surface area (Å²) in [5, 5.41) is 0. The number of fused-ring (bicyclic) bond motifs is 1. The third-order valence-corrected chi connectivity index (χ3v) is 3.94. The van der Waals surface area contributed by atoms with Crippen molar-refractivity contribution in [3.63, 3.8) is 0 Å². The molecule has 0 aromatic carbocycles. The fourth-order valence-electron chi connectivity index (χ4n) is 3.20. The second-order valence-corrected chi connectivity index (χ2v) is 4.90. The first-order chi connectivity index (χ1) is 7.84. The van der Waals surface area contributed by atoms with E-state index in [4.69, 9.17) is 5.73 Å². The second kappa shape index (κ2) is 3.92. The Morgan fingerprint density at radius 1 is 1.19 bits per heavy atom. The Morgan fingerprint density at radius 2 is 2.06 bits per heavy atom. The van der Waals surface area contributed by atoms with Crippen LogP contribution in [0.5, 0.6) is 0 Å². The van der Waals surface area contributed by atoms with E-state index in [0.29, 0.717) is 11.9 Å².